The van der Waals surface area contributed by atoms with Gasteiger partial charge in [0, 0.05) is 12.1 Å². The fraction of sp³-hybridized carbons (Fsp3) is 0.0370. The second-order valence-corrected chi connectivity index (χ2v) is 7.34. The van der Waals surface area contributed by atoms with Crippen molar-refractivity contribution in [2.24, 2.45) is 0 Å². The number of aromatic nitrogens is 2. The summed E-state index contributed by atoms with van der Waals surface area (Å²) in [4.78, 5) is 0. The molecule has 5 heteroatoms. The van der Waals surface area contributed by atoms with Crippen molar-refractivity contribution in [2.75, 3.05) is 7.11 Å². The summed E-state index contributed by atoms with van der Waals surface area (Å²) in [7, 11) is 1.65. The van der Waals surface area contributed by atoms with E-state index in [-0.39, 0.29) is 0 Å². The first kappa shape index (κ1) is 19.6. The molecule has 4 aromatic carbocycles. The van der Waals surface area contributed by atoms with E-state index in [2.05, 4.69) is 17.4 Å². The van der Waals surface area contributed by atoms with Gasteiger partial charge in [-0.1, -0.05) is 54.6 Å². The van der Waals surface area contributed by atoms with Crippen LogP contribution in [0.3, 0.4) is 0 Å². The van der Waals surface area contributed by atoms with Crippen LogP contribution >= 0.6 is 0 Å². The normalized spacial score (nSPS) is 10.8. The molecular weight excluding hydrogens is 400 g/mol. The zero-order valence-electron chi connectivity index (χ0n) is 17.4. The number of rotatable bonds is 5. The molecule has 0 radical (unpaired) electrons. The van der Waals surface area contributed by atoms with Crippen molar-refractivity contribution < 1.29 is 19.0 Å². The van der Waals surface area contributed by atoms with E-state index in [0.717, 1.165) is 39.3 Å². The van der Waals surface area contributed by atoms with E-state index in [0.29, 0.717) is 5.69 Å². The lowest BCUT2D eigenvalue weighted by Gasteiger charge is -2.05. The smallest absolute Gasteiger partial charge is 0.270 e. The molecule has 0 aliphatic heterocycles. The van der Waals surface area contributed by atoms with Crippen LogP contribution in [-0.4, -0.2) is 12.4 Å². The van der Waals surface area contributed by atoms with Crippen LogP contribution in [0.1, 0.15) is 0 Å². The monoisotopic (exact) mass is 420 g/mol. The van der Waals surface area contributed by atoms with Crippen LogP contribution in [0.2, 0.25) is 0 Å². The second kappa shape index (κ2) is 8.40. The third-order valence-electron chi connectivity index (χ3n) is 5.41. The SMILES string of the molecule is COc1ccc(-c2ccc(-[n+]3noc([O-])c3-c3ccc(-c4ccccc4)cc3)cc2)cc1. The van der Waals surface area contributed by atoms with Crippen LogP contribution in [0.15, 0.2) is 108 Å². The molecule has 0 aliphatic rings. The van der Waals surface area contributed by atoms with Gasteiger partial charge < -0.3 is 14.4 Å². The van der Waals surface area contributed by atoms with Crippen molar-refractivity contribution in [1.29, 1.82) is 0 Å². The van der Waals surface area contributed by atoms with Crippen molar-refractivity contribution in [2.45, 2.75) is 0 Å². The van der Waals surface area contributed by atoms with Crippen molar-refractivity contribution in [3.8, 4) is 50.9 Å². The van der Waals surface area contributed by atoms with Gasteiger partial charge in [0.15, 0.2) is 5.95 Å². The fourth-order valence-corrected chi connectivity index (χ4v) is 3.69. The predicted octanol–water partition coefficient (Wildman–Crippen LogP) is 5.03. The second-order valence-electron chi connectivity index (χ2n) is 7.34. The number of hydrogen-bond donors (Lipinski definition) is 0. The third-order valence-corrected chi connectivity index (χ3v) is 5.41. The Morgan fingerprint density at radius 2 is 1.16 bits per heavy atom. The first-order valence-electron chi connectivity index (χ1n) is 10.2. The summed E-state index contributed by atoms with van der Waals surface area (Å²) < 4.78 is 11.8. The van der Waals surface area contributed by atoms with Gasteiger partial charge >= 0.3 is 0 Å². The van der Waals surface area contributed by atoms with Gasteiger partial charge in [-0.3, -0.25) is 0 Å². The van der Waals surface area contributed by atoms with Crippen LogP contribution in [-0.2, 0) is 0 Å². The fourth-order valence-electron chi connectivity index (χ4n) is 3.69. The Kier molecular flexibility index (Phi) is 5.14. The Labute approximate surface area is 185 Å². The molecule has 0 fully saturated rings. The molecule has 5 nitrogen and oxygen atoms in total. The van der Waals surface area contributed by atoms with Gasteiger partial charge in [0.2, 0.25) is 5.69 Å². The van der Waals surface area contributed by atoms with Gasteiger partial charge in [-0.15, -0.1) is 0 Å². The van der Waals surface area contributed by atoms with Crippen LogP contribution in [0, 0.1) is 0 Å². The lowest BCUT2D eigenvalue weighted by Crippen LogP contribution is -2.34. The first-order chi connectivity index (χ1) is 15.7. The number of methoxy groups -OCH3 is 1. The molecule has 1 heterocycles. The summed E-state index contributed by atoms with van der Waals surface area (Å²) in [5.74, 6) is 0.339. The van der Waals surface area contributed by atoms with Gasteiger partial charge in [-0.2, -0.15) is 0 Å². The lowest BCUT2D eigenvalue weighted by molar-refractivity contribution is -0.660. The van der Waals surface area contributed by atoms with E-state index in [1.807, 2.05) is 91.0 Å². The van der Waals surface area contributed by atoms with Crippen molar-refractivity contribution in [3.05, 3.63) is 103 Å². The highest BCUT2D eigenvalue weighted by Gasteiger charge is 2.22. The molecule has 0 spiro atoms. The molecule has 5 aromatic rings. The molecule has 156 valence electrons. The Balaban J connectivity index is 1.46. The average Bonchev–Trinajstić information content (AvgIpc) is 3.26. The van der Waals surface area contributed by atoms with E-state index in [4.69, 9.17) is 9.26 Å². The van der Waals surface area contributed by atoms with Crippen molar-refractivity contribution in [1.82, 2.24) is 5.27 Å². The largest absolute Gasteiger partial charge is 0.539 e. The minimum atomic E-state index is -0.475. The molecule has 0 N–H and O–H groups in total. The Morgan fingerprint density at radius 1 is 0.656 bits per heavy atom. The molecular formula is C27H20N2O3. The van der Waals surface area contributed by atoms with E-state index >= 15 is 0 Å². The van der Waals surface area contributed by atoms with Gasteiger partial charge in [0.1, 0.15) is 5.75 Å². The van der Waals surface area contributed by atoms with E-state index in [9.17, 15) is 5.11 Å². The summed E-state index contributed by atoms with van der Waals surface area (Å²) in [5.41, 5.74) is 6.20. The van der Waals surface area contributed by atoms with E-state index in [1.54, 1.807) is 7.11 Å². The average molecular weight is 420 g/mol. The maximum atomic E-state index is 12.5. The molecule has 0 bridgehead atoms. The van der Waals surface area contributed by atoms with Crippen LogP contribution < -0.4 is 14.5 Å². The van der Waals surface area contributed by atoms with Gasteiger partial charge in [0.05, 0.1) is 17.9 Å². The Hall–Kier alpha value is -4.38. The molecule has 0 aliphatic carbocycles. The third kappa shape index (κ3) is 3.72. The molecule has 0 saturated carbocycles. The number of nitrogens with zero attached hydrogens (tertiary/aromatic N) is 2. The molecule has 32 heavy (non-hydrogen) atoms. The molecule has 5 rings (SSSR count). The quantitative estimate of drug-likeness (QED) is 0.374. The minimum absolute atomic E-state index is 0.391. The van der Waals surface area contributed by atoms with Crippen LogP contribution in [0.25, 0.3) is 39.2 Å². The highest BCUT2D eigenvalue weighted by atomic mass is 16.6. The Morgan fingerprint density at radius 3 is 1.75 bits per heavy atom. The predicted molar refractivity (Wildman–Crippen MR) is 120 cm³/mol. The molecule has 0 unspecified atom stereocenters. The van der Waals surface area contributed by atoms with Crippen molar-refractivity contribution in [3.63, 3.8) is 0 Å². The van der Waals surface area contributed by atoms with Gasteiger partial charge in [-0.25, -0.2) is 0 Å². The molecule has 0 amide bonds. The molecule has 1 aromatic heterocycles. The van der Waals surface area contributed by atoms with Crippen LogP contribution in [0.5, 0.6) is 11.7 Å². The number of hydrogen-bond acceptors (Lipinski definition) is 4. The van der Waals surface area contributed by atoms with Gasteiger partial charge in [-0.05, 0) is 63.3 Å². The zero-order chi connectivity index (χ0) is 21.9. The summed E-state index contributed by atoms with van der Waals surface area (Å²) >= 11 is 0. The van der Waals surface area contributed by atoms with E-state index < -0.39 is 5.95 Å². The highest BCUT2D eigenvalue weighted by Crippen LogP contribution is 2.28. The summed E-state index contributed by atoms with van der Waals surface area (Å²) in [6, 6.07) is 33.6. The summed E-state index contributed by atoms with van der Waals surface area (Å²) in [5, 5.41) is 16.4. The highest BCUT2D eigenvalue weighted by molar-refractivity contribution is 5.69. The Bertz CT molecular complexity index is 1330. The van der Waals surface area contributed by atoms with E-state index in [1.165, 1.54) is 4.68 Å². The summed E-state index contributed by atoms with van der Waals surface area (Å²) in [6.45, 7) is 0. The van der Waals surface area contributed by atoms with Crippen molar-refractivity contribution >= 4 is 0 Å². The van der Waals surface area contributed by atoms with Gasteiger partial charge in [0.25, 0.3) is 5.69 Å². The number of ether oxygens (including phenoxy) is 1. The molecule has 0 saturated heterocycles. The van der Waals surface area contributed by atoms with Crippen LogP contribution in [0.4, 0.5) is 0 Å². The maximum Gasteiger partial charge on any atom is 0.270 e. The minimum Gasteiger partial charge on any atom is -0.539 e. The zero-order valence-corrected chi connectivity index (χ0v) is 17.4. The first-order valence-corrected chi connectivity index (χ1v) is 10.2. The summed E-state index contributed by atoms with van der Waals surface area (Å²) in [6.07, 6.45) is 0. The topological polar surface area (TPSA) is 62.2 Å². The standard InChI is InChI=1S/C27H20N2O3/c1-31-25-17-13-22(14-18-25)21-11-15-24(16-12-21)29-26(27(30)32-28-29)23-9-7-20(8-10-23)19-5-3-2-4-6-19/h2-18H,1H3. The maximum absolute atomic E-state index is 12.5. The molecule has 0 atom stereocenters. The lowest BCUT2D eigenvalue weighted by atomic mass is 10.0. The number of benzene rings is 4.